The molecule has 0 spiro atoms. The van der Waals surface area contributed by atoms with E-state index in [1.54, 1.807) is 0 Å². The van der Waals surface area contributed by atoms with Crippen LogP contribution in [-0.4, -0.2) is 63.9 Å². The molecule has 11 nitrogen and oxygen atoms in total. The number of carbonyl (C=O) groups excluding carboxylic acids is 1. The summed E-state index contributed by atoms with van der Waals surface area (Å²) < 4.78 is 108. The predicted molar refractivity (Wildman–Crippen MR) is 121 cm³/mol. The van der Waals surface area contributed by atoms with Gasteiger partial charge in [-0.3, -0.25) is 0 Å². The topological polar surface area (TPSA) is 141 Å². The zero-order chi connectivity index (χ0) is 30.0. The molecule has 2 N–H and O–H groups in total. The van der Waals surface area contributed by atoms with Crippen LogP contribution in [0.15, 0.2) is 46.2 Å². The summed E-state index contributed by atoms with van der Waals surface area (Å²) in [4.78, 5) is 26.6. The first-order valence-corrected chi connectivity index (χ1v) is 11.4. The highest BCUT2D eigenvalue weighted by Gasteiger charge is 2.51. The van der Waals surface area contributed by atoms with E-state index in [0.29, 0.717) is 0 Å². The number of hydrogen-bond donors (Lipinski definition) is 2. The SMILES string of the molecule is C[C@@]1(c2cc(-c3cc(-c4ncc(OCCO)cn4)no3)ccc2F)C[C@@H](C(F)(F)F)OC(NOC(=O)C(F)(F)F)=N1. The molecule has 18 heteroatoms. The highest BCUT2D eigenvalue weighted by Crippen LogP contribution is 2.42. The molecule has 0 unspecified atom stereocenters. The maximum Gasteiger partial charge on any atom is 0.493 e. The molecule has 41 heavy (non-hydrogen) atoms. The van der Waals surface area contributed by atoms with Crippen LogP contribution in [0, 0.1) is 5.82 Å². The third-order valence-electron chi connectivity index (χ3n) is 5.57. The molecule has 0 aliphatic carbocycles. The first-order valence-electron chi connectivity index (χ1n) is 11.4. The van der Waals surface area contributed by atoms with E-state index < -0.39 is 53.8 Å². The summed E-state index contributed by atoms with van der Waals surface area (Å²) in [5, 5.41) is 12.6. The molecule has 1 aliphatic rings. The molecular weight excluding hydrogens is 575 g/mol. The fourth-order valence-electron chi connectivity index (χ4n) is 3.68. The van der Waals surface area contributed by atoms with Crippen LogP contribution in [0.3, 0.4) is 0 Å². The lowest BCUT2D eigenvalue weighted by Crippen LogP contribution is -2.48. The Morgan fingerprint density at radius 2 is 1.88 bits per heavy atom. The fraction of sp³-hybridized carbons (Fsp3) is 0.348. The summed E-state index contributed by atoms with van der Waals surface area (Å²) in [5.41, 5.74) is -0.858. The largest absolute Gasteiger partial charge is 0.493 e. The van der Waals surface area contributed by atoms with Gasteiger partial charge in [0.05, 0.1) is 24.5 Å². The molecule has 3 heterocycles. The number of carbonyl (C=O) groups is 1. The minimum atomic E-state index is -5.47. The number of alkyl halides is 6. The first kappa shape index (κ1) is 29.5. The van der Waals surface area contributed by atoms with Crippen molar-refractivity contribution in [1.82, 2.24) is 20.6 Å². The molecule has 0 fully saturated rings. The summed E-state index contributed by atoms with van der Waals surface area (Å²) in [7, 11) is 0. The minimum Gasteiger partial charge on any atom is -0.488 e. The molecule has 1 aromatic carbocycles. The molecule has 220 valence electrons. The number of rotatable bonds is 6. The van der Waals surface area contributed by atoms with Gasteiger partial charge in [0, 0.05) is 23.6 Å². The Morgan fingerprint density at radius 3 is 2.51 bits per heavy atom. The molecule has 2 atom stereocenters. The van der Waals surface area contributed by atoms with E-state index in [0.717, 1.165) is 19.1 Å². The van der Waals surface area contributed by atoms with Crippen molar-refractivity contribution in [3.05, 3.63) is 48.0 Å². The molecule has 0 saturated carbocycles. The van der Waals surface area contributed by atoms with Crippen LogP contribution in [0.4, 0.5) is 30.7 Å². The number of nitrogens with zero attached hydrogens (tertiary/aromatic N) is 4. The Hall–Kier alpha value is -4.48. The van der Waals surface area contributed by atoms with Crippen molar-refractivity contribution in [2.24, 2.45) is 4.99 Å². The average molecular weight is 593 g/mol. The molecule has 0 saturated heterocycles. The number of aromatic nitrogens is 3. The smallest absolute Gasteiger partial charge is 0.488 e. The second-order valence-electron chi connectivity index (χ2n) is 8.62. The number of ether oxygens (including phenoxy) is 2. The number of hydrogen-bond acceptors (Lipinski definition) is 11. The lowest BCUT2D eigenvalue weighted by Gasteiger charge is -2.36. The van der Waals surface area contributed by atoms with Crippen molar-refractivity contribution < 1.29 is 59.5 Å². The average Bonchev–Trinajstić information content (AvgIpc) is 3.40. The van der Waals surface area contributed by atoms with Gasteiger partial charge >= 0.3 is 24.3 Å². The molecule has 4 rings (SSSR count). The van der Waals surface area contributed by atoms with E-state index in [1.807, 2.05) is 0 Å². The monoisotopic (exact) mass is 593 g/mol. The maximum atomic E-state index is 15.0. The molecular formula is C23H18F7N5O6. The maximum absolute atomic E-state index is 15.0. The number of aliphatic hydroxyl groups excluding tert-OH is 1. The van der Waals surface area contributed by atoms with Crippen LogP contribution in [0.25, 0.3) is 22.8 Å². The Balaban J connectivity index is 1.64. The number of halogens is 7. The lowest BCUT2D eigenvalue weighted by atomic mass is 9.84. The Morgan fingerprint density at radius 1 is 1.17 bits per heavy atom. The van der Waals surface area contributed by atoms with Gasteiger partial charge in [-0.1, -0.05) is 5.16 Å². The van der Waals surface area contributed by atoms with Crippen LogP contribution in [0.5, 0.6) is 5.75 Å². The van der Waals surface area contributed by atoms with E-state index in [9.17, 15) is 35.5 Å². The highest BCUT2D eigenvalue weighted by molar-refractivity contribution is 5.80. The van der Waals surface area contributed by atoms with Gasteiger partial charge in [0.25, 0.3) is 0 Å². The van der Waals surface area contributed by atoms with Crippen LogP contribution in [0.2, 0.25) is 0 Å². The van der Waals surface area contributed by atoms with Crippen molar-refractivity contribution in [2.75, 3.05) is 13.2 Å². The van der Waals surface area contributed by atoms with Crippen molar-refractivity contribution >= 4 is 12.0 Å². The Bertz CT molecular complexity index is 1430. The molecule has 1 aliphatic heterocycles. The number of amidine groups is 1. The minimum absolute atomic E-state index is 0.0266. The van der Waals surface area contributed by atoms with Gasteiger partial charge in [0.2, 0.25) is 0 Å². The van der Waals surface area contributed by atoms with Crippen LogP contribution in [-0.2, 0) is 19.9 Å². The third kappa shape index (κ3) is 6.82. The third-order valence-corrected chi connectivity index (χ3v) is 5.57. The number of hydroxylamine groups is 1. The first-order chi connectivity index (χ1) is 19.2. The summed E-state index contributed by atoms with van der Waals surface area (Å²) in [6.45, 7) is 0.897. The van der Waals surface area contributed by atoms with Gasteiger partial charge in [-0.2, -0.15) is 31.8 Å². The summed E-state index contributed by atoms with van der Waals surface area (Å²) >= 11 is 0. The van der Waals surface area contributed by atoms with E-state index in [2.05, 4.69) is 29.7 Å². The van der Waals surface area contributed by atoms with Crippen LogP contribution < -0.4 is 10.2 Å². The summed E-state index contributed by atoms with van der Waals surface area (Å²) in [5.74, 6) is -3.35. The van der Waals surface area contributed by atoms with Crippen molar-refractivity contribution in [3.8, 4) is 28.6 Å². The van der Waals surface area contributed by atoms with Crippen molar-refractivity contribution in [2.45, 2.75) is 37.3 Å². The second kappa shape index (κ2) is 11.2. The number of benzene rings is 1. The normalized spacial score (nSPS) is 19.2. The molecule has 0 amide bonds. The second-order valence-corrected chi connectivity index (χ2v) is 8.62. The van der Waals surface area contributed by atoms with Gasteiger partial charge in [-0.15, -0.1) is 0 Å². The quantitative estimate of drug-likeness (QED) is 0.320. The standard InChI is InChI=1S/C23H18F7N5O6/c1-21(8-17(22(25,26)27)39-20(33-21)35-41-19(37)23(28,29)30)13-6-11(2-3-14(13)24)16-7-15(34-40-16)18-31-9-12(10-32-18)38-5-4-36/h2-3,6-7,9-10,17,36H,4-5,8H2,1H3,(H,33,35)/t17-,21-/m0/s1. The summed E-state index contributed by atoms with van der Waals surface area (Å²) in [6, 6.07) is 3.43. The number of aliphatic hydroxyl groups is 1. The van der Waals surface area contributed by atoms with Gasteiger partial charge in [0.1, 0.15) is 12.4 Å². The number of aliphatic imine (C=N–C) groups is 1. The van der Waals surface area contributed by atoms with Crippen LogP contribution >= 0.6 is 0 Å². The highest BCUT2D eigenvalue weighted by atomic mass is 19.4. The van der Waals surface area contributed by atoms with Crippen molar-refractivity contribution in [3.63, 3.8) is 0 Å². The van der Waals surface area contributed by atoms with Gasteiger partial charge in [-0.25, -0.2) is 24.1 Å². The van der Waals surface area contributed by atoms with Crippen molar-refractivity contribution in [1.29, 1.82) is 0 Å². The van der Waals surface area contributed by atoms with Crippen LogP contribution in [0.1, 0.15) is 18.9 Å². The van der Waals surface area contributed by atoms with E-state index in [4.69, 9.17) is 14.4 Å². The van der Waals surface area contributed by atoms with E-state index in [1.165, 1.54) is 30.0 Å². The molecule has 0 bridgehead atoms. The Kier molecular flexibility index (Phi) is 8.05. The zero-order valence-corrected chi connectivity index (χ0v) is 20.6. The van der Waals surface area contributed by atoms with Gasteiger partial charge < -0.3 is 23.9 Å². The van der Waals surface area contributed by atoms with E-state index in [-0.39, 0.29) is 41.8 Å². The van der Waals surface area contributed by atoms with Gasteiger partial charge in [-0.05, 0) is 25.1 Å². The predicted octanol–water partition coefficient (Wildman–Crippen LogP) is 3.84. The lowest BCUT2D eigenvalue weighted by molar-refractivity contribution is -0.215. The number of nitrogens with one attached hydrogen (secondary N) is 1. The molecule has 0 radical (unpaired) electrons. The molecule has 2 aromatic heterocycles. The van der Waals surface area contributed by atoms with E-state index >= 15 is 0 Å². The zero-order valence-electron chi connectivity index (χ0n) is 20.6. The molecule has 3 aromatic rings. The summed E-state index contributed by atoms with van der Waals surface area (Å²) in [6.07, 6.45) is -11.5. The van der Waals surface area contributed by atoms with Gasteiger partial charge in [0.15, 0.2) is 29.1 Å². The Labute approximate surface area is 224 Å². The fourth-order valence-corrected chi connectivity index (χ4v) is 3.68.